The first-order valence-electron chi connectivity index (χ1n) is 17.2. The average Bonchev–Trinajstić information content (AvgIpc) is 3.03. The molecule has 2 aromatic rings. The molecule has 0 fully saturated rings. The summed E-state index contributed by atoms with van der Waals surface area (Å²) in [4.78, 5) is 0. The Morgan fingerprint density at radius 1 is 0.545 bits per heavy atom. The van der Waals surface area contributed by atoms with Gasteiger partial charge in [-0.2, -0.15) is 0 Å². The molecule has 0 radical (unpaired) electrons. The normalized spacial score (nSPS) is 20.9. The summed E-state index contributed by atoms with van der Waals surface area (Å²) in [5.74, 6) is 4.70. The van der Waals surface area contributed by atoms with Crippen molar-refractivity contribution >= 4 is 12.2 Å². The van der Waals surface area contributed by atoms with Crippen LogP contribution in [0.25, 0.3) is 12.2 Å². The standard InChI is InChI=1S/C40H60O4/c1-9-11-19-33-21-15-13-17-29(3)24-32-27-37(43-7)40(38(28-32)44-8)34(20-12-10-2)22-16-14-18-30(4)23-31-25-35(41-5)39(33)36(26-31)42-6/h23-28,33-34H,9-22H2,1-8H3/b29-24-,30-23+/t33-,34-/m0/s1. The van der Waals surface area contributed by atoms with Gasteiger partial charge in [-0.1, -0.05) is 75.7 Å². The van der Waals surface area contributed by atoms with Crippen LogP contribution in [0.3, 0.4) is 0 Å². The lowest BCUT2D eigenvalue weighted by Crippen LogP contribution is -2.06. The van der Waals surface area contributed by atoms with E-state index in [9.17, 15) is 0 Å². The van der Waals surface area contributed by atoms with E-state index in [1.165, 1.54) is 48.0 Å². The van der Waals surface area contributed by atoms with Gasteiger partial charge in [0.25, 0.3) is 0 Å². The Morgan fingerprint density at radius 2 is 0.886 bits per heavy atom. The number of allylic oxidation sites excluding steroid dienone is 2. The Labute approximate surface area is 269 Å². The summed E-state index contributed by atoms with van der Waals surface area (Å²) in [5, 5.41) is 0. The van der Waals surface area contributed by atoms with Crippen LogP contribution < -0.4 is 18.9 Å². The highest BCUT2D eigenvalue weighted by atomic mass is 16.5. The number of hydrogen-bond acceptors (Lipinski definition) is 4. The fourth-order valence-electron chi connectivity index (χ4n) is 6.96. The highest BCUT2D eigenvalue weighted by Crippen LogP contribution is 2.44. The molecule has 4 bridgehead atoms. The van der Waals surface area contributed by atoms with E-state index in [0.717, 1.165) is 98.3 Å². The SMILES string of the molecule is CCCC[C@H]1CCCC/C(C)=C\c2cc(OC)c(c(OC)c2)[C@@H](CCCC)CCCC/C(C)=C/c2cc(OC)c1c(OC)c2. The van der Waals surface area contributed by atoms with Gasteiger partial charge in [-0.05, 0) is 112 Å². The summed E-state index contributed by atoms with van der Waals surface area (Å²) in [7, 11) is 7.22. The Hall–Kier alpha value is -2.88. The predicted octanol–water partition coefficient (Wildman–Crippen LogP) is 11.9. The van der Waals surface area contributed by atoms with E-state index in [-0.39, 0.29) is 0 Å². The number of methoxy groups -OCH3 is 4. The van der Waals surface area contributed by atoms with E-state index in [4.69, 9.17) is 18.9 Å². The van der Waals surface area contributed by atoms with Crippen molar-refractivity contribution in [2.24, 2.45) is 0 Å². The molecule has 0 heterocycles. The van der Waals surface area contributed by atoms with E-state index >= 15 is 0 Å². The topological polar surface area (TPSA) is 36.9 Å². The van der Waals surface area contributed by atoms with Gasteiger partial charge in [0.05, 0.1) is 28.4 Å². The zero-order valence-corrected chi connectivity index (χ0v) is 29.2. The predicted molar refractivity (Wildman–Crippen MR) is 188 cm³/mol. The van der Waals surface area contributed by atoms with Crippen molar-refractivity contribution in [2.45, 2.75) is 129 Å². The van der Waals surface area contributed by atoms with E-state index in [1.807, 2.05) is 0 Å². The third-order valence-electron chi connectivity index (χ3n) is 9.33. The second-order valence-corrected chi connectivity index (χ2v) is 12.8. The first-order chi connectivity index (χ1) is 21.4. The molecule has 4 nitrogen and oxygen atoms in total. The van der Waals surface area contributed by atoms with Gasteiger partial charge in [0.2, 0.25) is 0 Å². The molecule has 4 aliphatic carbocycles. The Balaban J connectivity index is 2.02. The average molecular weight is 605 g/mol. The van der Waals surface area contributed by atoms with E-state index in [2.05, 4.69) is 64.1 Å². The van der Waals surface area contributed by atoms with Crippen molar-refractivity contribution in [1.29, 1.82) is 0 Å². The Kier molecular flexibility index (Phi) is 15.2. The van der Waals surface area contributed by atoms with Crippen molar-refractivity contribution in [2.75, 3.05) is 28.4 Å². The maximum absolute atomic E-state index is 6.03. The lowest BCUT2D eigenvalue weighted by molar-refractivity contribution is 0.369. The molecular weight excluding hydrogens is 544 g/mol. The molecule has 244 valence electrons. The fourth-order valence-corrected chi connectivity index (χ4v) is 6.96. The minimum absolute atomic E-state index is 0.419. The Morgan fingerprint density at radius 3 is 1.18 bits per heavy atom. The summed E-state index contributed by atoms with van der Waals surface area (Å²) in [6, 6.07) is 8.90. The van der Waals surface area contributed by atoms with Gasteiger partial charge in [-0.3, -0.25) is 0 Å². The van der Waals surface area contributed by atoms with Crippen molar-refractivity contribution in [1.82, 2.24) is 0 Å². The summed E-state index contributed by atoms with van der Waals surface area (Å²) in [5.41, 5.74) is 7.58. The molecule has 0 saturated heterocycles. The first kappa shape index (κ1) is 35.6. The molecule has 0 saturated carbocycles. The maximum Gasteiger partial charge on any atom is 0.126 e. The van der Waals surface area contributed by atoms with Crippen LogP contribution in [-0.4, -0.2) is 28.4 Å². The molecule has 4 aliphatic rings. The fraction of sp³-hybridized carbons (Fsp3) is 0.600. The molecule has 0 unspecified atom stereocenters. The van der Waals surface area contributed by atoms with Crippen molar-refractivity contribution in [3.8, 4) is 23.0 Å². The lowest BCUT2D eigenvalue weighted by Gasteiger charge is -2.24. The minimum Gasteiger partial charge on any atom is -0.496 e. The van der Waals surface area contributed by atoms with E-state index in [1.54, 1.807) is 28.4 Å². The highest BCUT2D eigenvalue weighted by molar-refractivity contribution is 5.62. The minimum atomic E-state index is 0.419. The third kappa shape index (κ3) is 10.1. The molecule has 4 heteroatoms. The van der Waals surface area contributed by atoms with E-state index in [0.29, 0.717) is 11.8 Å². The second kappa shape index (κ2) is 18.8. The van der Waals surface area contributed by atoms with Gasteiger partial charge in [0.1, 0.15) is 23.0 Å². The number of hydrogen-bond donors (Lipinski definition) is 0. The number of rotatable bonds is 10. The number of ether oxygens (including phenoxy) is 4. The van der Waals surface area contributed by atoms with Gasteiger partial charge in [-0.15, -0.1) is 0 Å². The van der Waals surface area contributed by atoms with Crippen LogP contribution >= 0.6 is 0 Å². The van der Waals surface area contributed by atoms with Crippen molar-refractivity contribution < 1.29 is 18.9 Å². The molecule has 2 aromatic carbocycles. The van der Waals surface area contributed by atoms with Gasteiger partial charge in [-0.25, -0.2) is 0 Å². The van der Waals surface area contributed by atoms with Crippen LogP contribution in [0.2, 0.25) is 0 Å². The van der Waals surface area contributed by atoms with Gasteiger partial charge >= 0.3 is 0 Å². The second-order valence-electron chi connectivity index (χ2n) is 12.8. The number of unbranched alkanes of at least 4 members (excludes halogenated alkanes) is 2. The molecule has 44 heavy (non-hydrogen) atoms. The van der Waals surface area contributed by atoms with Crippen LogP contribution in [0.1, 0.15) is 152 Å². The third-order valence-corrected chi connectivity index (χ3v) is 9.33. The molecule has 0 aromatic heterocycles. The smallest absolute Gasteiger partial charge is 0.126 e. The monoisotopic (exact) mass is 604 g/mol. The first-order valence-corrected chi connectivity index (χ1v) is 17.2. The van der Waals surface area contributed by atoms with Gasteiger partial charge < -0.3 is 18.9 Å². The van der Waals surface area contributed by atoms with Gasteiger partial charge in [0.15, 0.2) is 0 Å². The molecule has 0 N–H and O–H groups in total. The van der Waals surface area contributed by atoms with Gasteiger partial charge in [0, 0.05) is 11.1 Å². The van der Waals surface area contributed by atoms with Crippen LogP contribution in [0.15, 0.2) is 35.4 Å². The van der Waals surface area contributed by atoms with Crippen LogP contribution in [0, 0.1) is 0 Å². The highest BCUT2D eigenvalue weighted by Gasteiger charge is 2.23. The zero-order valence-electron chi connectivity index (χ0n) is 29.2. The molecule has 0 aliphatic heterocycles. The van der Waals surface area contributed by atoms with Crippen LogP contribution in [0.5, 0.6) is 23.0 Å². The molecule has 0 spiro atoms. The number of benzene rings is 2. The van der Waals surface area contributed by atoms with Crippen LogP contribution in [0.4, 0.5) is 0 Å². The molecule has 6 rings (SSSR count). The quantitative estimate of drug-likeness (QED) is 0.270. The van der Waals surface area contributed by atoms with Crippen LogP contribution in [-0.2, 0) is 0 Å². The largest absolute Gasteiger partial charge is 0.496 e. The summed E-state index contributed by atoms with van der Waals surface area (Å²) in [6.07, 6.45) is 20.8. The van der Waals surface area contributed by atoms with E-state index < -0.39 is 0 Å². The molecule has 2 atom stereocenters. The Bertz CT molecular complexity index is 1080. The van der Waals surface area contributed by atoms with Crippen molar-refractivity contribution in [3.63, 3.8) is 0 Å². The summed E-state index contributed by atoms with van der Waals surface area (Å²) < 4.78 is 24.1. The summed E-state index contributed by atoms with van der Waals surface area (Å²) in [6.45, 7) is 9.06. The van der Waals surface area contributed by atoms with Crippen molar-refractivity contribution in [3.05, 3.63) is 57.7 Å². The summed E-state index contributed by atoms with van der Waals surface area (Å²) >= 11 is 0. The lowest BCUT2D eigenvalue weighted by atomic mass is 9.85. The molecule has 0 amide bonds. The molecular formula is C40H60O4. The maximum atomic E-state index is 6.03. The zero-order chi connectivity index (χ0) is 31.9.